The fourth-order valence-electron chi connectivity index (χ4n) is 4.96. The minimum atomic E-state index is -1.21. The van der Waals surface area contributed by atoms with E-state index in [9.17, 15) is 14.4 Å². The summed E-state index contributed by atoms with van der Waals surface area (Å²) in [5, 5.41) is 1.74. The van der Waals surface area contributed by atoms with Crippen LogP contribution < -0.4 is 4.74 Å². The Morgan fingerprint density at radius 3 is 1.66 bits per heavy atom. The SMILES string of the molecule is O=C(OC[C@H]1O[C@H](Oc2cccc3ccccc23)[C@H](OC(=O)c2ccccc2)[C@@H]1OC(=O)c1ccccc1)c1ccccc1. The molecule has 1 saturated heterocycles. The molecule has 220 valence electrons. The number of benzene rings is 5. The highest BCUT2D eigenvalue weighted by atomic mass is 16.7. The summed E-state index contributed by atoms with van der Waals surface area (Å²) >= 11 is 0. The van der Waals surface area contributed by atoms with Crippen molar-refractivity contribution in [2.45, 2.75) is 24.6 Å². The third kappa shape index (κ3) is 6.45. The summed E-state index contributed by atoms with van der Waals surface area (Å²) in [5.74, 6) is -1.43. The molecule has 0 spiro atoms. The third-order valence-corrected chi connectivity index (χ3v) is 7.15. The lowest BCUT2D eigenvalue weighted by atomic mass is 10.1. The van der Waals surface area contributed by atoms with Crippen LogP contribution in [0, 0.1) is 0 Å². The lowest BCUT2D eigenvalue weighted by Crippen LogP contribution is -2.43. The minimum absolute atomic E-state index is 0.291. The minimum Gasteiger partial charge on any atom is -0.460 e. The van der Waals surface area contributed by atoms with E-state index in [4.69, 9.17) is 23.7 Å². The fourth-order valence-corrected chi connectivity index (χ4v) is 4.96. The first-order valence-corrected chi connectivity index (χ1v) is 14.1. The second-order valence-corrected chi connectivity index (χ2v) is 10.1. The van der Waals surface area contributed by atoms with E-state index in [1.54, 1.807) is 97.1 Å². The van der Waals surface area contributed by atoms with Crippen molar-refractivity contribution in [3.8, 4) is 5.75 Å². The van der Waals surface area contributed by atoms with Gasteiger partial charge < -0.3 is 23.7 Å². The van der Waals surface area contributed by atoms with Gasteiger partial charge in [-0.1, -0.05) is 91.0 Å². The Kier molecular flexibility index (Phi) is 8.61. The van der Waals surface area contributed by atoms with Gasteiger partial charge in [-0.3, -0.25) is 0 Å². The molecule has 0 bridgehead atoms. The molecule has 0 aromatic heterocycles. The van der Waals surface area contributed by atoms with Crippen molar-refractivity contribution in [1.82, 2.24) is 0 Å². The molecule has 0 radical (unpaired) electrons. The largest absolute Gasteiger partial charge is 0.460 e. The van der Waals surface area contributed by atoms with Gasteiger partial charge in [0.15, 0.2) is 6.10 Å². The average Bonchev–Trinajstić information content (AvgIpc) is 3.39. The molecule has 0 N–H and O–H groups in total. The number of fused-ring (bicyclic) bond motifs is 1. The first-order chi connectivity index (χ1) is 21.6. The van der Waals surface area contributed by atoms with Crippen LogP contribution in [0.15, 0.2) is 133 Å². The maximum atomic E-state index is 13.3. The second-order valence-electron chi connectivity index (χ2n) is 10.1. The molecule has 0 aliphatic carbocycles. The molecule has 5 aromatic carbocycles. The van der Waals surface area contributed by atoms with Gasteiger partial charge in [0.25, 0.3) is 0 Å². The van der Waals surface area contributed by atoms with Gasteiger partial charge in [-0.05, 0) is 47.9 Å². The van der Waals surface area contributed by atoms with E-state index in [1.165, 1.54) is 0 Å². The Morgan fingerprint density at radius 1 is 0.545 bits per heavy atom. The Balaban J connectivity index is 1.33. The van der Waals surface area contributed by atoms with E-state index < -0.39 is 42.5 Å². The smallest absolute Gasteiger partial charge is 0.338 e. The van der Waals surface area contributed by atoms with E-state index >= 15 is 0 Å². The molecule has 0 amide bonds. The normalized spacial score (nSPS) is 19.2. The number of hydrogen-bond acceptors (Lipinski definition) is 8. The molecule has 1 aliphatic heterocycles. The second kappa shape index (κ2) is 13.2. The van der Waals surface area contributed by atoms with Crippen LogP contribution in [-0.4, -0.2) is 49.1 Å². The van der Waals surface area contributed by atoms with Gasteiger partial charge in [-0.15, -0.1) is 0 Å². The molecule has 44 heavy (non-hydrogen) atoms. The summed E-state index contributed by atoms with van der Waals surface area (Å²) in [5.41, 5.74) is 0.932. The maximum Gasteiger partial charge on any atom is 0.338 e. The lowest BCUT2D eigenvalue weighted by molar-refractivity contribution is -0.119. The van der Waals surface area contributed by atoms with E-state index in [0.717, 1.165) is 10.8 Å². The van der Waals surface area contributed by atoms with Gasteiger partial charge in [0, 0.05) is 5.39 Å². The maximum absolute atomic E-state index is 13.3. The summed E-state index contributed by atoms with van der Waals surface area (Å²) in [7, 11) is 0. The Morgan fingerprint density at radius 2 is 1.05 bits per heavy atom. The molecule has 4 atom stereocenters. The van der Waals surface area contributed by atoms with E-state index in [0.29, 0.717) is 22.4 Å². The van der Waals surface area contributed by atoms with Crippen molar-refractivity contribution in [3.05, 3.63) is 150 Å². The molecule has 6 rings (SSSR count). The van der Waals surface area contributed by atoms with Crippen LogP contribution in [0.1, 0.15) is 31.1 Å². The van der Waals surface area contributed by atoms with Crippen molar-refractivity contribution in [2.24, 2.45) is 0 Å². The van der Waals surface area contributed by atoms with Gasteiger partial charge in [0.1, 0.15) is 18.5 Å². The van der Waals surface area contributed by atoms with Gasteiger partial charge >= 0.3 is 17.9 Å². The summed E-state index contributed by atoms with van der Waals surface area (Å²) in [6, 6.07) is 38.5. The number of hydrogen-bond donors (Lipinski definition) is 0. The molecule has 8 nitrogen and oxygen atoms in total. The number of carbonyl (C=O) groups is 3. The first-order valence-electron chi connectivity index (χ1n) is 14.1. The average molecular weight is 589 g/mol. The highest BCUT2D eigenvalue weighted by Gasteiger charge is 2.52. The summed E-state index contributed by atoms with van der Waals surface area (Å²) in [6.45, 7) is -0.296. The molecular formula is C36H28O8. The zero-order valence-corrected chi connectivity index (χ0v) is 23.5. The highest BCUT2D eigenvalue weighted by Crippen LogP contribution is 2.34. The third-order valence-electron chi connectivity index (χ3n) is 7.15. The molecule has 0 unspecified atom stereocenters. The summed E-state index contributed by atoms with van der Waals surface area (Å²) in [6.07, 6.45) is -4.62. The molecule has 5 aromatic rings. The lowest BCUT2D eigenvalue weighted by Gasteiger charge is -2.24. The molecule has 8 heteroatoms. The molecule has 0 saturated carbocycles. The van der Waals surface area contributed by atoms with Crippen molar-refractivity contribution in [1.29, 1.82) is 0 Å². The Hall–Kier alpha value is -5.47. The highest BCUT2D eigenvalue weighted by molar-refractivity contribution is 5.91. The van der Waals surface area contributed by atoms with Crippen LogP contribution in [0.3, 0.4) is 0 Å². The molecular weight excluding hydrogens is 560 g/mol. The quantitative estimate of drug-likeness (QED) is 0.147. The predicted molar refractivity (Wildman–Crippen MR) is 161 cm³/mol. The van der Waals surface area contributed by atoms with E-state index in [-0.39, 0.29) is 6.61 Å². The number of esters is 3. The number of rotatable bonds is 9. The van der Waals surface area contributed by atoms with Crippen molar-refractivity contribution < 1.29 is 38.1 Å². The summed E-state index contributed by atoms with van der Waals surface area (Å²) in [4.78, 5) is 39.4. The van der Waals surface area contributed by atoms with Gasteiger partial charge in [0.05, 0.1) is 16.7 Å². The van der Waals surface area contributed by atoms with Crippen LogP contribution in [-0.2, 0) is 18.9 Å². The zero-order chi connectivity index (χ0) is 30.3. The van der Waals surface area contributed by atoms with Crippen LogP contribution in [0.4, 0.5) is 0 Å². The van der Waals surface area contributed by atoms with Gasteiger partial charge in [0.2, 0.25) is 12.4 Å². The van der Waals surface area contributed by atoms with Crippen LogP contribution >= 0.6 is 0 Å². The van der Waals surface area contributed by atoms with Crippen LogP contribution in [0.2, 0.25) is 0 Å². The van der Waals surface area contributed by atoms with Gasteiger partial charge in [-0.25, -0.2) is 14.4 Å². The first kappa shape index (κ1) is 28.6. The topological polar surface area (TPSA) is 97.4 Å². The standard InChI is InChI=1S/C36H28O8/c37-33(25-14-4-1-5-15-25)40-23-30-31(43-34(38)26-16-6-2-7-17-26)32(44-35(39)27-18-8-3-9-19-27)36(42-30)41-29-22-12-20-24-13-10-11-21-28(24)29/h1-22,30-32,36H,23H2/t30-,31-,32-,36+/m1/s1. The van der Waals surface area contributed by atoms with E-state index in [1.807, 2.05) is 36.4 Å². The van der Waals surface area contributed by atoms with Gasteiger partial charge in [-0.2, -0.15) is 0 Å². The fraction of sp³-hybridized carbons (Fsp3) is 0.139. The van der Waals surface area contributed by atoms with Crippen molar-refractivity contribution in [3.63, 3.8) is 0 Å². The molecule has 1 fully saturated rings. The Bertz CT molecular complexity index is 1730. The molecule has 1 aliphatic rings. The van der Waals surface area contributed by atoms with Crippen LogP contribution in [0.5, 0.6) is 5.75 Å². The molecule has 1 heterocycles. The Labute approximate surface area is 253 Å². The summed E-state index contributed by atoms with van der Waals surface area (Å²) < 4.78 is 30.1. The van der Waals surface area contributed by atoms with Crippen LogP contribution in [0.25, 0.3) is 10.8 Å². The number of carbonyl (C=O) groups excluding carboxylic acids is 3. The van der Waals surface area contributed by atoms with Crippen molar-refractivity contribution in [2.75, 3.05) is 6.61 Å². The van der Waals surface area contributed by atoms with Crippen molar-refractivity contribution >= 4 is 28.7 Å². The van der Waals surface area contributed by atoms with E-state index in [2.05, 4.69) is 0 Å². The monoisotopic (exact) mass is 588 g/mol. The predicted octanol–water partition coefficient (Wildman–Crippen LogP) is 6.25. The zero-order valence-electron chi connectivity index (χ0n) is 23.5. The number of ether oxygens (including phenoxy) is 5.